The highest BCUT2D eigenvalue weighted by molar-refractivity contribution is 5.18. The summed E-state index contributed by atoms with van der Waals surface area (Å²) in [6.45, 7) is 2.14. The molecule has 0 aliphatic heterocycles. The van der Waals surface area contributed by atoms with Crippen LogP contribution in [0.1, 0.15) is 31.7 Å². The molecule has 1 fully saturated rings. The van der Waals surface area contributed by atoms with Gasteiger partial charge in [-0.2, -0.15) is 0 Å². The first-order valence-electron chi connectivity index (χ1n) is 6.20. The van der Waals surface area contributed by atoms with E-state index >= 15 is 0 Å². The lowest BCUT2D eigenvalue weighted by molar-refractivity contribution is 0.0901. The van der Waals surface area contributed by atoms with Crippen molar-refractivity contribution in [1.29, 1.82) is 0 Å². The lowest BCUT2D eigenvalue weighted by atomic mass is 9.88. The number of aliphatic hydroxyl groups is 1. The maximum Gasteiger partial charge on any atom is 0.159 e. The zero-order chi connectivity index (χ0) is 12.4. The van der Waals surface area contributed by atoms with Gasteiger partial charge in [-0.05, 0) is 42.4 Å². The normalized spacial score (nSPS) is 26.1. The van der Waals surface area contributed by atoms with Crippen molar-refractivity contribution in [3.8, 4) is 0 Å². The second-order valence-corrected chi connectivity index (χ2v) is 5.09. The third-order valence-corrected chi connectivity index (χ3v) is 3.85. The Kier molecular flexibility index (Phi) is 3.77. The monoisotopic (exact) mass is 240 g/mol. The van der Waals surface area contributed by atoms with E-state index in [1.165, 1.54) is 6.07 Å². The molecule has 1 aromatic carbocycles. The van der Waals surface area contributed by atoms with E-state index in [2.05, 4.69) is 6.92 Å². The Morgan fingerprint density at radius 1 is 1.29 bits per heavy atom. The van der Waals surface area contributed by atoms with Gasteiger partial charge in [-0.15, -0.1) is 0 Å². The molecule has 0 heterocycles. The number of halogens is 2. The molecule has 94 valence electrons. The van der Waals surface area contributed by atoms with Gasteiger partial charge in [-0.25, -0.2) is 8.78 Å². The minimum absolute atomic E-state index is 0.295. The van der Waals surface area contributed by atoms with Gasteiger partial charge in [-0.3, -0.25) is 0 Å². The van der Waals surface area contributed by atoms with Gasteiger partial charge in [0.2, 0.25) is 0 Å². The predicted molar refractivity (Wildman–Crippen MR) is 62.6 cm³/mol. The molecule has 1 N–H and O–H groups in total. The van der Waals surface area contributed by atoms with Crippen LogP contribution in [0, 0.1) is 23.5 Å². The molecule has 0 saturated heterocycles. The topological polar surface area (TPSA) is 20.2 Å². The quantitative estimate of drug-likeness (QED) is 0.859. The maximum absolute atomic E-state index is 13.0. The molecule has 1 aromatic rings. The lowest BCUT2D eigenvalue weighted by Gasteiger charge is -2.22. The van der Waals surface area contributed by atoms with Crippen molar-refractivity contribution in [3.63, 3.8) is 0 Å². The van der Waals surface area contributed by atoms with Crippen LogP contribution in [0.2, 0.25) is 0 Å². The van der Waals surface area contributed by atoms with Gasteiger partial charge >= 0.3 is 0 Å². The Balaban J connectivity index is 2.02. The number of benzene rings is 1. The van der Waals surface area contributed by atoms with Crippen molar-refractivity contribution in [2.45, 2.75) is 38.7 Å². The number of hydrogen-bond donors (Lipinski definition) is 1. The van der Waals surface area contributed by atoms with Crippen LogP contribution in [0.4, 0.5) is 8.78 Å². The van der Waals surface area contributed by atoms with Gasteiger partial charge in [0.25, 0.3) is 0 Å². The first kappa shape index (κ1) is 12.5. The summed E-state index contributed by atoms with van der Waals surface area (Å²) in [7, 11) is 0. The van der Waals surface area contributed by atoms with E-state index in [9.17, 15) is 13.9 Å². The third-order valence-electron chi connectivity index (χ3n) is 3.85. The molecule has 0 spiro atoms. The number of aliphatic hydroxyl groups excluding tert-OH is 1. The van der Waals surface area contributed by atoms with Crippen molar-refractivity contribution >= 4 is 0 Å². The zero-order valence-corrected chi connectivity index (χ0v) is 10.00. The highest BCUT2D eigenvalue weighted by Gasteiger charge is 2.29. The number of rotatable bonds is 3. The fourth-order valence-electron chi connectivity index (χ4n) is 2.81. The highest BCUT2D eigenvalue weighted by atomic mass is 19.2. The summed E-state index contributed by atoms with van der Waals surface area (Å²) in [6, 6.07) is 3.84. The van der Waals surface area contributed by atoms with Gasteiger partial charge in [0.1, 0.15) is 0 Å². The van der Waals surface area contributed by atoms with Crippen molar-refractivity contribution in [2.75, 3.05) is 0 Å². The highest BCUT2D eigenvalue weighted by Crippen LogP contribution is 2.34. The van der Waals surface area contributed by atoms with Crippen LogP contribution >= 0.6 is 0 Å². The summed E-state index contributed by atoms with van der Waals surface area (Å²) < 4.78 is 25.8. The fraction of sp³-hybridized carbons (Fsp3) is 0.571. The minimum Gasteiger partial charge on any atom is -0.392 e. The summed E-state index contributed by atoms with van der Waals surface area (Å²) in [5.74, 6) is -0.856. The average Bonchev–Trinajstić information content (AvgIpc) is 2.70. The van der Waals surface area contributed by atoms with E-state index in [4.69, 9.17) is 0 Å². The smallest absolute Gasteiger partial charge is 0.159 e. The van der Waals surface area contributed by atoms with Crippen LogP contribution in [0.25, 0.3) is 0 Å². The SMILES string of the molecule is CC1CCCC1C(O)Cc1ccc(F)c(F)c1. The third kappa shape index (κ3) is 2.83. The van der Waals surface area contributed by atoms with Crippen molar-refractivity contribution in [2.24, 2.45) is 11.8 Å². The molecule has 0 amide bonds. The molecule has 0 aromatic heterocycles. The van der Waals surface area contributed by atoms with E-state index < -0.39 is 17.7 Å². The Labute approximate surface area is 100 Å². The van der Waals surface area contributed by atoms with Crippen LogP contribution < -0.4 is 0 Å². The second-order valence-electron chi connectivity index (χ2n) is 5.09. The summed E-state index contributed by atoms with van der Waals surface area (Å²) in [4.78, 5) is 0. The van der Waals surface area contributed by atoms with Crippen LogP contribution in [0.3, 0.4) is 0 Å². The summed E-state index contributed by atoms with van der Waals surface area (Å²) in [5, 5.41) is 10.1. The minimum atomic E-state index is -0.839. The van der Waals surface area contributed by atoms with Gasteiger partial charge in [0.05, 0.1) is 6.10 Å². The lowest BCUT2D eigenvalue weighted by Crippen LogP contribution is -2.24. The van der Waals surface area contributed by atoms with Crippen molar-refractivity contribution in [1.82, 2.24) is 0 Å². The Hall–Kier alpha value is -0.960. The van der Waals surface area contributed by atoms with Crippen LogP contribution in [-0.4, -0.2) is 11.2 Å². The van der Waals surface area contributed by atoms with E-state index in [1.807, 2.05) is 0 Å². The average molecular weight is 240 g/mol. The van der Waals surface area contributed by atoms with Crippen LogP contribution in [-0.2, 0) is 6.42 Å². The van der Waals surface area contributed by atoms with E-state index in [1.54, 1.807) is 6.07 Å². The molecule has 1 aliphatic rings. The summed E-state index contributed by atoms with van der Waals surface area (Å²) >= 11 is 0. The van der Waals surface area contributed by atoms with Crippen molar-refractivity contribution in [3.05, 3.63) is 35.4 Å². The molecule has 0 bridgehead atoms. The largest absolute Gasteiger partial charge is 0.392 e. The molecular formula is C14H18F2O. The first-order valence-corrected chi connectivity index (χ1v) is 6.20. The van der Waals surface area contributed by atoms with Crippen molar-refractivity contribution < 1.29 is 13.9 Å². The molecule has 3 heteroatoms. The van der Waals surface area contributed by atoms with Crippen LogP contribution in [0.15, 0.2) is 18.2 Å². The Bertz CT molecular complexity index is 392. The molecule has 2 rings (SSSR count). The molecule has 1 aliphatic carbocycles. The summed E-state index contributed by atoms with van der Waals surface area (Å²) in [5.41, 5.74) is 0.663. The second kappa shape index (κ2) is 5.13. The molecule has 3 unspecified atom stereocenters. The predicted octanol–water partition coefficient (Wildman–Crippen LogP) is 3.30. The van der Waals surface area contributed by atoms with Gasteiger partial charge in [-0.1, -0.05) is 25.8 Å². The van der Waals surface area contributed by atoms with Gasteiger partial charge < -0.3 is 5.11 Å². The van der Waals surface area contributed by atoms with E-state index in [-0.39, 0.29) is 0 Å². The molecule has 3 atom stereocenters. The molecule has 1 nitrogen and oxygen atoms in total. The Morgan fingerprint density at radius 3 is 2.65 bits per heavy atom. The standard InChI is InChI=1S/C14H18F2O/c1-9-3-2-4-11(9)14(17)8-10-5-6-12(15)13(16)7-10/h5-7,9,11,14,17H,2-4,8H2,1H3. The first-order chi connectivity index (χ1) is 8.08. The van der Waals surface area contributed by atoms with Gasteiger partial charge in [0.15, 0.2) is 11.6 Å². The summed E-state index contributed by atoms with van der Waals surface area (Å²) in [6.07, 6.45) is 3.30. The van der Waals surface area contributed by atoms with E-state index in [0.29, 0.717) is 23.8 Å². The molecular weight excluding hydrogens is 222 g/mol. The van der Waals surface area contributed by atoms with E-state index in [0.717, 1.165) is 25.3 Å². The Morgan fingerprint density at radius 2 is 2.06 bits per heavy atom. The van der Waals surface area contributed by atoms with Crippen LogP contribution in [0.5, 0.6) is 0 Å². The fourth-order valence-corrected chi connectivity index (χ4v) is 2.81. The molecule has 1 saturated carbocycles. The molecule has 0 radical (unpaired) electrons. The maximum atomic E-state index is 13.0. The molecule has 17 heavy (non-hydrogen) atoms. The zero-order valence-electron chi connectivity index (χ0n) is 10.00. The number of hydrogen-bond acceptors (Lipinski definition) is 1. The van der Waals surface area contributed by atoms with Gasteiger partial charge in [0, 0.05) is 0 Å².